The molecule has 0 atom stereocenters. The van der Waals surface area contributed by atoms with Gasteiger partial charge in [0.25, 0.3) is 0 Å². The second kappa shape index (κ2) is 3.01. The summed E-state index contributed by atoms with van der Waals surface area (Å²) in [4.78, 5) is 3.10. The fourth-order valence-electron chi connectivity index (χ4n) is 0.793. The van der Waals surface area contributed by atoms with Gasteiger partial charge >= 0.3 is 6.18 Å². The molecule has 1 heterocycles. The summed E-state index contributed by atoms with van der Waals surface area (Å²) in [5.41, 5.74) is -2.56. The molecule has 0 fully saturated rings. The summed E-state index contributed by atoms with van der Waals surface area (Å²) in [6.45, 7) is 0. The van der Waals surface area contributed by atoms with Crippen molar-refractivity contribution in [3.8, 4) is 6.07 Å². The van der Waals surface area contributed by atoms with Crippen molar-refractivity contribution in [3.63, 3.8) is 0 Å². The molecule has 0 aliphatic heterocycles. The molecule has 0 aliphatic carbocycles. The summed E-state index contributed by atoms with van der Waals surface area (Å²) in [5.74, 6) is -1.49. The zero-order chi connectivity index (χ0) is 10.1. The minimum atomic E-state index is -4.89. The lowest BCUT2D eigenvalue weighted by Gasteiger charge is -2.07. The average molecular weight is 190 g/mol. The molecule has 0 aliphatic rings. The normalized spacial score (nSPS) is 11.0. The van der Waals surface area contributed by atoms with Crippen molar-refractivity contribution in [2.75, 3.05) is 0 Å². The Labute approximate surface area is 70.4 Å². The van der Waals surface area contributed by atoms with Gasteiger partial charge < -0.3 is 0 Å². The van der Waals surface area contributed by atoms with Crippen LogP contribution in [0.25, 0.3) is 0 Å². The Balaban J connectivity index is 3.43. The van der Waals surface area contributed by atoms with Gasteiger partial charge in [0.15, 0.2) is 5.69 Å². The Morgan fingerprint density at radius 2 is 2.00 bits per heavy atom. The topological polar surface area (TPSA) is 36.7 Å². The second-order valence-electron chi connectivity index (χ2n) is 2.13. The first kappa shape index (κ1) is 9.45. The molecule has 0 radical (unpaired) electrons. The number of aromatic nitrogens is 1. The SMILES string of the molecule is N#Cc1nccc(F)c1C(F)(F)F. The summed E-state index contributed by atoms with van der Waals surface area (Å²) in [6.07, 6.45) is -4.08. The first-order chi connectivity index (χ1) is 5.96. The Morgan fingerprint density at radius 1 is 1.38 bits per heavy atom. The van der Waals surface area contributed by atoms with Crippen LogP contribution in [-0.2, 0) is 6.18 Å². The second-order valence-corrected chi connectivity index (χ2v) is 2.13. The summed E-state index contributed by atoms with van der Waals surface area (Å²) in [6, 6.07) is 1.73. The molecule has 6 heteroatoms. The maximum Gasteiger partial charge on any atom is 0.422 e. The molecular formula is C7H2F4N2. The van der Waals surface area contributed by atoms with Crippen molar-refractivity contribution in [3.05, 3.63) is 29.3 Å². The molecule has 2 nitrogen and oxygen atoms in total. The lowest BCUT2D eigenvalue weighted by Crippen LogP contribution is -2.11. The number of rotatable bonds is 0. The lowest BCUT2D eigenvalue weighted by molar-refractivity contribution is -0.140. The average Bonchev–Trinajstić information content (AvgIpc) is 2.01. The van der Waals surface area contributed by atoms with Crippen molar-refractivity contribution in [1.82, 2.24) is 4.98 Å². The summed E-state index contributed by atoms with van der Waals surface area (Å²) in [5, 5.41) is 8.23. The van der Waals surface area contributed by atoms with E-state index in [1.54, 1.807) is 0 Å². The molecule has 1 aromatic rings. The van der Waals surface area contributed by atoms with Crippen molar-refractivity contribution in [1.29, 1.82) is 5.26 Å². The maximum atomic E-state index is 12.6. The van der Waals surface area contributed by atoms with E-state index < -0.39 is 23.3 Å². The molecule has 1 rings (SSSR count). The summed E-state index contributed by atoms with van der Waals surface area (Å²) in [7, 11) is 0. The number of nitrogens with zero attached hydrogens (tertiary/aromatic N) is 2. The van der Waals surface area contributed by atoms with Crippen molar-refractivity contribution in [2.24, 2.45) is 0 Å². The van der Waals surface area contributed by atoms with Crippen LogP contribution in [-0.4, -0.2) is 4.98 Å². The van der Waals surface area contributed by atoms with Gasteiger partial charge in [0.05, 0.1) is 0 Å². The van der Waals surface area contributed by atoms with E-state index in [0.717, 1.165) is 6.20 Å². The van der Waals surface area contributed by atoms with Gasteiger partial charge in [0.1, 0.15) is 17.4 Å². The van der Waals surface area contributed by atoms with E-state index in [4.69, 9.17) is 5.26 Å². The highest BCUT2D eigenvalue weighted by Gasteiger charge is 2.37. The lowest BCUT2D eigenvalue weighted by atomic mass is 10.2. The largest absolute Gasteiger partial charge is 0.422 e. The molecule has 0 spiro atoms. The minimum absolute atomic E-state index is 0.559. The number of pyridine rings is 1. The van der Waals surface area contributed by atoms with Gasteiger partial charge in [-0.05, 0) is 6.07 Å². The van der Waals surface area contributed by atoms with Gasteiger partial charge in [0, 0.05) is 6.20 Å². The molecule has 1 aromatic heterocycles. The van der Waals surface area contributed by atoms with Crippen LogP contribution in [0.4, 0.5) is 17.6 Å². The highest BCUT2D eigenvalue weighted by Crippen LogP contribution is 2.32. The maximum absolute atomic E-state index is 12.6. The zero-order valence-electron chi connectivity index (χ0n) is 6.06. The summed E-state index contributed by atoms with van der Waals surface area (Å²) < 4.78 is 48.8. The first-order valence-electron chi connectivity index (χ1n) is 3.08. The van der Waals surface area contributed by atoms with Gasteiger partial charge in [-0.15, -0.1) is 0 Å². The van der Waals surface area contributed by atoms with Gasteiger partial charge in [-0.3, -0.25) is 0 Å². The van der Waals surface area contributed by atoms with Crippen LogP contribution in [0.3, 0.4) is 0 Å². The fraction of sp³-hybridized carbons (Fsp3) is 0.143. The van der Waals surface area contributed by atoms with Crippen molar-refractivity contribution >= 4 is 0 Å². The third-order valence-corrected chi connectivity index (χ3v) is 1.29. The molecule has 13 heavy (non-hydrogen) atoms. The standard InChI is InChI=1S/C7H2F4N2/c8-4-1-2-13-5(3-12)6(4)7(9,10)11/h1-2H. The molecule has 68 valence electrons. The Bertz CT molecular complexity index is 364. The van der Waals surface area contributed by atoms with Crippen LogP contribution in [0.2, 0.25) is 0 Å². The molecule has 0 saturated heterocycles. The number of hydrogen-bond donors (Lipinski definition) is 0. The van der Waals surface area contributed by atoms with Gasteiger partial charge in [-0.25, -0.2) is 9.37 Å². The van der Waals surface area contributed by atoms with E-state index in [2.05, 4.69) is 4.98 Å². The Hall–Kier alpha value is -1.64. The number of hydrogen-bond acceptors (Lipinski definition) is 2. The molecule has 0 unspecified atom stereocenters. The zero-order valence-corrected chi connectivity index (χ0v) is 6.06. The Kier molecular flexibility index (Phi) is 2.19. The smallest absolute Gasteiger partial charge is 0.245 e. The quantitative estimate of drug-likeness (QED) is 0.587. The predicted octanol–water partition coefficient (Wildman–Crippen LogP) is 2.11. The number of halogens is 4. The Morgan fingerprint density at radius 3 is 2.38 bits per heavy atom. The molecule has 0 saturated carbocycles. The fourth-order valence-corrected chi connectivity index (χ4v) is 0.793. The molecule has 0 amide bonds. The van der Waals surface area contributed by atoms with Crippen LogP contribution in [0, 0.1) is 17.1 Å². The van der Waals surface area contributed by atoms with E-state index in [9.17, 15) is 17.6 Å². The van der Waals surface area contributed by atoms with E-state index in [1.165, 1.54) is 6.07 Å². The first-order valence-corrected chi connectivity index (χ1v) is 3.08. The van der Waals surface area contributed by atoms with Crippen LogP contribution in [0.15, 0.2) is 12.3 Å². The van der Waals surface area contributed by atoms with Crippen LogP contribution in [0.1, 0.15) is 11.3 Å². The van der Waals surface area contributed by atoms with Gasteiger partial charge in [0.2, 0.25) is 0 Å². The highest BCUT2D eigenvalue weighted by molar-refractivity contribution is 5.33. The van der Waals surface area contributed by atoms with Crippen LogP contribution < -0.4 is 0 Å². The van der Waals surface area contributed by atoms with Gasteiger partial charge in [-0.1, -0.05) is 0 Å². The monoisotopic (exact) mass is 190 g/mol. The minimum Gasteiger partial charge on any atom is -0.245 e. The van der Waals surface area contributed by atoms with E-state index in [0.29, 0.717) is 6.07 Å². The van der Waals surface area contributed by atoms with E-state index >= 15 is 0 Å². The summed E-state index contributed by atoms with van der Waals surface area (Å²) >= 11 is 0. The van der Waals surface area contributed by atoms with Crippen molar-refractivity contribution in [2.45, 2.75) is 6.18 Å². The highest BCUT2D eigenvalue weighted by atomic mass is 19.4. The predicted molar refractivity (Wildman–Crippen MR) is 33.9 cm³/mol. The van der Waals surface area contributed by atoms with Crippen molar-refractivity contribution < 1.29 is 17.6 Å². The molecule has 0 aromatic carbocycles. The molecular weight excluding hydrogens is 188 g/mol. The number of nitriles is 1. The van der Waals surface area contributed by atoms with E-state index in [1.807, 2.05) is 0 Å². The van der Waals surface area contributed by atoms with Crippen LogP contribution in [0.5, 0.6) is 0 Å². The van der Waals surface area contributed by atoms with Gasteiger partial charge in [-0.2, -0.15) is 18.4 Å². The third-order valence-electron chi connectivity index (χ3n) is 1.29. The van der Waals surface area contributed by atoms with Crippen LogP contribution >= 0.6 is 0 Å². The molecule has 0 N–H and O–H groups in total. The third kappa shape index (κ3) is 1.75. The van der Waals surface area contributed by atoms with E-state index in [-0.39, 0.29) is 0 Å². The molecule has 0 bridgehead atoms. The number of alkyl halides is 3.